The highest BCUT2D eigenvalue weighted by molar-refractivity contribution is 6.12. The van der Waals surface area contributed by atoms with E-state index in [1.165, 1.54) is 49.2 Å². The van der Waals surface area contributed by atoms with Gasteiger partial charge in [-0.05, 0) is 124 Å². The maximum atomic E-state index is 11.4. The van der Waals surface area contributed by atoms with Crippen molar-refractivity contribution in [3.63, 3.8) is 0 Å². The monoisotopic (exact) mass is 731 g/mol. The van der Waals surface area contributed by atoms with Crippen molar-refractivity contribution in [1.82, 2.24) is 18.7 Å². The molecular formula is C52H37N5. The normalized spacial score (nSPS) is 11.8. The molecule has 0 spiro atoms. The largest absolute Gasteiger partial charge is 0.309 e. The van der Waals surface area contributed by atoms with E-state index in [2.05, 4.69) is 192 Å². The molecule has 0 aliphatic heterocycles. The van der Waals surface area contributed by atoms with Crippen LogP contribution in [0.5, 0.6) is 0 Å². The number of aryl methyl sites for hydroxylation is 4. The van der Waals surface area contributed by atoms with E-state index in [0.29, 0.717) is 5.56 Å². The predicted octanol–water partition coefficient (Wildman–Crippen LogP) is 13.1. The lowest BCUT2D eigenvalue weighted by atomic mass is 9.99. The number of hydrogen-bond donors (Lipinski definition) is 0. The lowest BCUT2D eigenvalue weighted by Crippen LogP contribution is -2.05. The molecule has 0 atom stereocenters. The maximum Gasteiger partial charge on any atom is 0.104 e. The molecule has 4 aromatic heterocycles. The van der Waals surface area contributed by atoms with Gasteiger partial charge in [0.25, 0.3) is 0 Å². The number of rotatable bonds is 4. The van der Waals surface area contributed by atoms with Gasteiger partial charge >= 0.3 is 0 Å². The minimum Gasteiger partial charge on any atom is -0.309 e. The number of benzene rings is 7. The van der Waals surface area contributed by atoms with Gasteiger partial charge in [-0.2, -0.15) is 5.26 Å². The van der Waals surface area contributed by atoms with Gasteiger partial charge in [0.1, 0.15) is 11.6 Å². The van der Waals surface area contributed by atoms with Crippen molar-refractivity contribution in [2.75, 3.05) is 0 Å². The molecule has 7 aromatic carbocycles. The van der Waals surface area contributed by atoms with Crippen LogP contribution in [0.25, 0.3) is 93.6 Å². The Morgan fingerprint density at radius 1 is 0.421 bits per heavy atom. The molecule has 0 saturated heterocycles. The molecular weight excluding hydrogens is 695 g/mol. The Bertz CT molecular complexity index is 3190. The van der Waals surface area contributed by atoms with Crippen molar-refractivity contribution in [2.24, 2.45) is 0 Å². The summed E-state index contributed by atoms with van der Waals surface area (Å²) in [5.74, 6) is 0. The van der Waals surface area contributed by atoms with Crippen molar-refractivity contribution in [2.45, 2.75) is 27.7 Å². The molecule has 5 heteroatoms. The standard InChI is InChI=1S/C52H37N5/c1-31-9-17-46-39(23-31)40-24-32(2)10-18-47(40)56(46)51-27-36(35-13-15-37(16-14-35)55-45-8-6-5-7-38(45)44-30-54-22-21-50(44)55)28-52(43(51)29-53)57-48-19-11-33(3)25-41(48)42-26-34(4)12-20-49(42)57/h5-28,30H,1-4H3. The van der Waals surface area contributed by atoms with E-state index < -0.39 is 0 Å². The lowest BCUT2D eigenvalue weighted by molar-refractivity contribution is 1.12. The first kappa shape index (κ1) is 33.0. The number of para-hydroxylation sites is 1. The molecule has 5 nitrogen and oxygen atoms in total. The molecule has 11 aromatic rings. The van der Waals surface area contributed by atoms with Gasteiger partial charge in [0.05, 0.1) is 44.5 Å². The van der Waals surface area contributed by atoms with E-state index in [4.69, 9.17) is 0 Å². The molecule has 4 heterocycles. The predicted molar refractivity (Wildman–Crippen MR) is 236 cm³/mol. The molecule has 270 valence electrons. The van der Waals surface area contributed by atoms with Crippen molar-refractivity contribution >= 4 is 65.4 Å². The van der Waals surface area contributed by atoms with E-state index in [1.54, 1.807) is 0 Å². The van der Waals surface area contributed by atoms with Crippen LogP contribution in [0.1, 0.15) is 27.8 Å². The summed E-state index contributed by atoms with van der Waals surface area (Å²) in [6, 6.07) is 53.2. The first-order chi connectivity index (χ1) is 27.9. The minimum atomic E-state index is 0.620. The summed E-state index contributed by atoms with van der Waals surface area (Å²) in [5.41, 5.74) is 16.9. The van der Waals surface area contributed by atoms with Crippen LogP contribution in [0.2, 0.25) is 0 Å². The molecule has 11 rings (SSSR count). The highest BCUT2D eigenvalue weighted by atomic mass is 15.0. The highest BCUT2D eigenvalue weighted by Gasteiger charge is 2.23. The number of nitrogens with zero attached hydrogens (tertiary/aromatic N) is 5. The van der Waals surface area contributed by atoms with E-state index in [1.807, 2.05) is 12.4 Å². The summed E-state index contributed by atoms with van der Waals surface area (Å²) in [4.78, 5) is 4.45. The quantitative estimate of drug-likeness (QED) is 0.181. The Kier molecular flexibility index (Phi) is 7.11. The Balaban J connectivity index is 1.22. The maximum absolute atomic E-state index is 11.4. The number of pyridine rings is 1. The minimum absolute atomic E-state index is 0.620. The van der Waals surface area contributed by atoms with Gasteiger partial charge < -0.3 is 13.7 Å². The summed E-state index contributed by atoms with van der Waals surface area (Å²) in [6.45, 7) is 8.57. The molecule has 0 radical (unpaired) electrons. The van der Waals surface area contributed by atoms with Gasteiger partial charge in [0, 0.05) is 50.4 Å². The lowest BCUT2D eigenvalue weighted by Gasteiger charge is -2.19. The second kappa shape index (κ2) is 12.3. The third-order valence-electron chi connectivity index (χ3n) is 11.8. The summed E-state index contributed by atoms with van der Waals surface area (Å²) in [6.07, 6.45) is 3.82. The van der Waals surface area contributed by atoms with Crippen LogP contribution in [-0.2, 0) is 0 Å². The Morgan fingerprint density at radius 3 is 1.37 bits per heavy atom. The van der Waals surface area contributed by atoms with Crippen LogP contribution in [0.4, 0.5) is 0 Å². The fourth-order valence-electron chi connectivity index (χ4n) is 9.16. The molecule has 0 aliphatic carbocycles. The SMILES string of the molecule is Cc1ccc2c(c1)c1cc(C)ccc1n2-c1cc(-c2ccc(-n3c4ccccc4c4cnccc43)cc2)cc(-n2c3ccc(C)cc3c3cc(C)ccc32)c1C#N. The third kappa shape index (κ3) is 4.91. The first-order valence-electron chi connectivity index (χ1n) is 19.4. The number of aromatic nitrogens is 4. The van der Waals surface area contributed by atoms with Gasteiger partial charge in [-0.1, -0.05) is 76.9 Å². The van der Waals surface area contributed by atoms with Gasteiger partial charge in [-0.15, -0.1) is 0 Å². The Hall–Kier alpha value is -7.42. The number of nitriles is 1. The van der Waals surface area contributed by atoms with Crippen LogP contribution in [-0.4, -0.2) is 18.7 Å². The summed E-state index contributed by atoms with van der Waals surface area (Å²) < 4.78 is 6.92. The topological polar surface area (TPSA) is 51.5 Å². The molecule has 0 saturated carbocycles. The van der Waals surface area contributed by atoms with Crippen molar-refractivity contribution in [3.05, 3.63) is 180 Å². The fraction of sp³-hybridized carbons (Fsp3) is 0.0769. The van der Waals surface area contributed by atoms with Crippen LogP contribution in [0.3, 0.4) is 0 Å². The summed E-state index contributed by atoms with van der Waals surface area (Å²) in [5, 5.41) is 18.4. The van der Waals surface area contributed by atoms with Crippen molar-refractivity contribution in [1.29, 1.82) is 5.26 Å². The third-order valence-corrected chi connectivity index (χ3v) is 11.8. The van der Waals surface area contributed by atoms with Crippen LogP contribution in [0, 0.1) is 39.0 Å². The van der Waals surface area contributed by atoms with Gasteiger partial charge in [-0.3, -0.25) is 4.98 Å². The smallest absolute Gasteiger partial charge is 0.104 e. The summed E-state index contributed by atoms with van der Waals surface area (Å²) >= 11 is 0. The van der Waals surface area contributed by atoms with E-state index in [-0.39, 0.29) is 0 Å². The Morgan fingerprint density at radius 2 is 0.877 bits per heavy atom. The fourth-order valence-corrected chi connectivity index (χ4v) is 9.16. The average Bonchev–Trinajstić information content (AvgIpc) is 3.85. The van der Waals surface area contributed by atoms with Crippen LogP contribution < -0.4 is 0 Å². The second-order valence-corrected chi connectivity index (χ2v) is 15.5. The van der Waals surface area contributed by atoms with E-state index >= 15 is 0 Å². The molecule has 0 N–H and O–H groups in total. The van der Waals surface area contributed by atoms with Crippen LogP contribution >= 0.6 is 0 Å². The molecule has 0 unspecified atom stereocenters. The molecule has 0 aliphatic rings. The van der Waals surface area contributed by atoms with Gasteiger partial charge in [0.15, 0.2) is 0 Å². The zero-order valence-corrected chi connectivity index (χ0v) is 32.2. The number of fused-ring (bicyclic) bond motifs is 9. The second-order valence-electron chi connectivity index (χ2n) is 15.5. The zero-order valence-electron chi connectivity index (χ0n) is 32.2. The zero-order chi connectivity index (χ0) is 38.5. The van der Waals surface area contributed by atoms with E-state index in [9.17, 15) is 5.26 Å². The molecule has 57 heavy (non-hydrogen) atoms. The Labute approximate surface area is 329 Å². The van der Waals surface area contributed by atoms with Crippen molar-refractivity contribution in [3.8, 4) is 34.3 Å². The first-order valence-corrected chi connectivity index (χ1v) is 19.4. The summed E-state index contributed by atoms with van der Waals surface area (Å²) in [7, 11) is 0. The molecule has 0 bridgehead atoms. The van der Waals surface area contributed by atoms with Gasteiger partial charge in [-0.25, -0.2) is 0 Å². The number of hydrogen-bond acceptors (Lipinski definition) is 2. The van der Waals surface area contributed by atoms with Crippen molar-refractivity contribution < 1.29 is 0 Å². The molecule has 0 amide bonds. The van der Waals surface area contributed by atoms with E-state index in [0.717, 1.165) is 66.7 Å². The van der Waals surface area contributed by atoms with Gasteiger partial charge in [0.2, 0.25) is 0 Å². The molecule has 0 fully saturated rings. The highest BCUT2D eigenvalue weighted by Crippen LogP contribution is 2.41. The van der Waals surface area contributed by atoms with Crippen LogP contribution in [0.15, 0.2) is 152 Å². The average molecular weight is 732 g/mol.